The van der Waals surface area contributed by atoms with E-state index in [1.807, 2.05) is 41.4 Å². The van der Waals surface area contributed by atoms with Crippen molar-refractivity contribution in [3.05, 3.63) is 66.1 Å². The average Bonchev–Trinajstić information content (AvgIpc) is 3.37. The molecule has 0 bridgehead atoms. The van der Waals surface area contributed by atoms with Crippen LogP contribution in [0, 0.1) is 0 Å². The zero-order valence-electron chi connectivity index (χ0n) is 15.0. The maximum Gasteiger partial charge on any atom is 0.275 e. The van der Waals surface area contributed by atoms with E-state index in [0.717, 1.165) is 49.3 Å². The molecule has 0 radical (unpaired) electrons. The number of amides is 1. The molecule has 0 N–H and O–H groups in total. The minimum Gasteiger partial charge on any atom is -0.451 e. The molecule has 1 aliphatic carbocycles. The topological polar surface area (TPSA) is 72.1 Å². The zero-order chi connectivity index (χ0) is 18.3. The van der Waals surface area contributed by atoms with E-state index < -0.39 is 0 Å². The van der Waals surface area contributed by atoms with Crippen LogP contribution in [0.15, 0.2) is 53.6 Å². The molecule has 136 valence electrons. The lowest BCUT2D eigenvalue weighted by Crippen LogP contribution is -2.48. The first-order valence-electron chi connectivity index (χ1n) is 9.34. The van der Waals surface area contributed by atoms with Gasteiger partial charge in [0.25, 0.3) is 5.91 Å². The number of oxazole rings is 1. The van der Waals surface area contributed by atoms with Crippen molar-refractivity contribution in [2.75, 3.05) is 13.1 Å². The van der Waals surface area contributed by atoms with Crippen LogP contribution in [0.3, 0.4) is 0 Å². The Kier molecular flexibility index (Phi) is 3.77. The van der Waals surface area contributed by atoms with Gasteiger partial charge in [-0.1, -0.05) is 30.3 Å². The fourth-order valence-corrected chi connectivity index (χ4v) is 4.45. The Hall–Kier alpha value is -3.02. The quantitative estimate of drug-likeness (QED) is 0.701. The van der Waals surface area contributed by atoms with E-state index in [1.54, 1.807) is 0 Å². The molecule has 6 heteroatoms. The molecule has 1 aliphatic heterocycles. The third-order valence-electron chi connectivity index (χ3n) is 5.79. The first-order chi connectivity index (χ1) is 13.3. The van der Waals surface area contributed by atoms with Crippen molar-refractivity contribution in [3.63, 3.8) is 0 Å². The number of carbonyl (C=O) groups is 1. The van der Waals surface area contributed by atoms with Gasteiger partial charge >= 0.3 is 0 Å². The van der Waals surface area contributed by atoms with Crippen LogP contribution in [-0.4, -0.2) is 38.8 Å². The van der Waals surface area contributed by atoms with Gasteiger partial charge in [0.1, 0.15) is 6.26 Å². The van der Waals surface area contributed by atoms with Crippen molar-refractivity contribution >= 4 is 5.91 Å². The van der Waals surface area contributed by atoms with Crippen LogP contribution in [0.25, 0.3) is 11.4 Å². The third-order valence-corrected chi connectivity index (χ3v) is 5.79. The van der Waals surface area contributed by atoms with Crippen LogP contribution in [0.1, 0.15) is 41.0 Å². The van der Waals surface area contributed by atoms with E-state index in [1.165, 1.54) is 18.2 Å². The molecule has 3 aromatic rings. The maximum atomic E-state index is 12.8. The van der Waals surface area contributed by atoms with Gasteiger partial charge < -0.3 is 9.32 Å². The fraction of sp³-hybridized carbons (Fsp3) is 0.333. The number of hydrogen-bond donors (Lipinski definition) is 0. The zero-order valence-corrected chi connectivity index (χ0v) is 15.0. The Bertz CT molecular complexity index is 967. The molecule has 1 saturated heterocycles. The number of benzene rings is 1. The van der Waals surface area contributed by atoms with Crippen molar-refractivity contribution in [3.8, 4) is 11.4 Å². The van der Waals surface area contributed by atoms with Crippen LogP contribution >= 0.6 is 0 Å². The molecular weight excluding hydrogens is 340 g/mol. The van der Waals surface area contributed by atoms with Gasteiger partial charge in [0.05, 0.1) is 5.69 Å². The van der Waals surface area contributed by atoms with Gasteiger partial charge in [-0.15, -0.1) is 0 Å². The number of rotatable bonds is 2. The third kappa shape index (κ3) is 2.72. The van der Waals surface area contributed by atoms with Crippen LogP contribution in [-0.2, 0) is 11.8 Å². The predicted molar refractivity (Wildman–Crippen MR) is 99.1 cm³/mol. The summed E-state index contributed by atoms with van der Waals surface area (Å²) in [6, 6.07) is 10.1. The Balaban J connectivity index is 1.49. The summed E-state index contributed by atoms with van der Waals surface area (Å²) in [5, 5.41) is 0. The molecule has 6 nitrogen and oxygen atoms in total. The fourth-order valence-electron chi connectivity index (χ4n) is 4.45. The Morgan fingerprint density at radius 3 is 2.85 bits per heavy atom. The van der Waals surface area contributed by atoms with Crippen molar-refractivity contribution in [1.82, 2.24) is 19.9 Å². The number of aromatic nitrogens is 3. The number of fused-ring (bicyclic) bond motifs is 2. The van der Waals surface area contributed by atoms with E-state index in [2.05, 4.69) is 9.97 Å². The van der Waals surface area contributed by atoms with Crippen molar-refractivity contribution in [1.29, 1.82) is 0 Å². The minimum atomic E-state index is -0.0839. The minimum absolute atomic E-state index is 0.0615. The number of hydrogen-bond acceptors (Lipinski definition) is 5. The van der Waals surface area contributed by atoms with Crippen molar-refractivity contribution in [2.45, 2.75) is 31.1 Å². The number of aryl methyl sites for hydroxylation is 1. The highest BCUT2D eigenvalue weighted by molar-refractivity contribution is 5.92. The number of nitrogens with zero attached hydrogens (tertiary/aromatic N) is 4. The average molecular weight is 360 g/mol. The second kappa shape index (κ2) is 6.30. The highest BCUT2D eigenvalue weighted by Gasteiger charge is 2.45. The molecule has 2 aliphatic rings. The monoisotopic (exact) mass is 360 g/mol. The van der Waals surface area contributed by atoms with Crippen LogP contribution in [0.5, 0.6) is 0 Å². The Morgan fingerprint density at radius 2 is 2.04 bits per heavy atom. The number of piperidine rings is 1. The Labute approximate surface area is 157 Å². The molecule has 27 heavy (non-hydrogen) atoms. The highest BCUT2D eigenvalue weighted by Crippen LogP contribution is 2.44. The summed E-state index contributed by atoms with van der Waals surface area (Å²) < 4.78 is 4.99. The molecule has 3 heterocycles. The van der Waals surface area contributed by atoms with Gasteiger partial charge in [-0.2, -0.15) is 0 Å². The largest absolute Gasteiger partial charge is 0.451 e. The second-order valence-electron chi connectivity index (χ2n) is 7.42. The SMILES string of the molecule is O=C(c1cocn1)N1CCCC2(CCc3cnc(-c4ccccc4)nc32)C1. The van der Waals surface area contributed by atoms with E-state index in [-0.39, 0.29) is 11.3 Å². The van der Waals surface area contributed by atoms with Gasteiger partial charge in [-0.05, 0) is 31.2 Å². The normalized spacial score (nSPS) is 21.4. The summed E-state index contributed by atoms with van der Waals surface area (Å²) >= 11 is 0. The van der Waals surface area contributed by atoms with Gasteiger partial charge in [0, 0.05) is 30.3 Å². The summed E-state index contributed by atoms with van der Waals surface area (Å²) in [6.07, 6.45) is 8.69. The molecule has 1 atom stereocenters. The molecule has 1 amide bonds. The lowest BCUT2D eigenvalue weighted by molar-refractivity contribution is 0.0627. The predicted octanol–water partition coefficient (Wildman–Crippen LogP) is 3.25. The first-order valence-corrected chi connectivity index (χ1v) is 9.34. The smallest absolute Gasteiger partial charge is 0.275 e. The second-order valence-corrected chi connectivity index (χ2v) is 7.42. The van der Waals surface area contributed by atoms with E-state index in [0.29, 0.717) is 12.2 Å². The van der Waals surface area contributed by atoms with Crippen molar-refractivity contribution < 1.29 is 9.21 Å². The molecule has 1 aromatic carbocycles. The summed E-state index contributed by atoms with van der Waals surface area (Å²) in [5.41, 5.74) is 3.64. The summed E-state index contributed by atoms with van der Waals surface area (Å²) in [5.74, 6) is 0.698. The van der Waals surface area contributed by atoms with E-state index in [4.69, 9.17) is 9.40 Å². The molecule has 1 spiro atoms. The highest BCUT2D eigenvalue weighted by atomic mass is 16.3. The number of carbonyl (C=O) groups excluding carboxylic acids is 1. The van der Waals surface area contributed by atoms with Gasteiger partial charge in [-0.25, -0.2) is 15.0 Å². The molecule has 1 unspecified atom stereocenters. The lowest BCUT2D eigenvalue weighted by atomic mass is 9.77. The van der Waals surface area contributed by atoms with Gasteiger partial charge in [-0.3, -0.25) is 4.79 Å². The summed E-state index contributed by atoms with van der Waals surface area (Å²) in [4.78, 5) is 28.2. The van der Waals surface area contributed by atoms with E-state index in [9.17, 15) is 4.79 Å². The molecule has 5 rings (SSSR count). The molecule has 1 fully saturated rings. The molecular formula is C21H20N4O2. The van der Waals surface area contributed by atoms with Crippen LogP contribution < -0.4 is 0 Å². The standard InChI is InChI=1S/C21H20N4O2/c26-20(17-12-27-14-23-17)25-10-4-8-21(13-25)9-7-16-11-22-19(24-18(16)21)15-5-2-1-3-6-15/h1-3,5-6,11-12,14H,4,7-10,13H2. The van der Waals surface area contributed by atoms with Crippen molar-refractivity contribution in [2.24, 2.45) is 0 Å². The summed E-state index contributed by atoms with van der Waals surface area (Å²) in [6.45, 7) is 1.43. The maximum absolute atomic E-state index is 12.8. The van der Waals surface area contributed by atoms with Crippen LogP contribution in [0.4, 0.5) is 0 Å². The first kappa shape index (κ1) is 16.2. The molecule has 0 saturated carbocycles. The Morgan fingerprint density at radius 1 is 1.15 bits per heavy atom. The number of likely N-dealkylation sites (tertiary alicyclic amines) is 1. The van der Waals surface area contributed by atoms with Crippen LogP contribution in [0.2, 0.25) is 0 Å². The van der Waals surface area contributed by atoms with Gasteiger partial charge in [0.2, 0.25) is 0 Å². The van der Waals surface area contributed by atoms with E-state index >= 15 is 0 Å². The molecule has 2 aromatic heterocycles. The lowest BCUT2D eigenvalue weighted by Gasteiger charge is -2.40. The summed E-state index contributed by atoms with van der Waals surface area (Å²) in [7, 11) is 0. The van der Waals surface area contributed by atoms with Gasteiger partial charge in [0.15, 0.2) is 17.9 Å².